The van der Waals surface area contributed by atoms with E-state index in [1.54, 1.807) is 0 Å². The second-order valence-corrected chi connectivity index (χ2v) is 14.0. The molecule has 0 saturated carbocycles. The highest BCUT2D eigenvalue weighted by Crippen LogP contribution is 2.40. The summed E-state index contributed by atoms with van der Waals surface area (Å²) in [5.74, 6) is 0. The van der Waals surface area contributed by atoms with Crippen LogP contribution in [0.2, 0.25) is 0 Å². The summed E-state index contributed by atoms with van der Waals surface area (Å²) >= 11 is 0. The lowest BCUT2D eigenvalue weighted by Crippen LogP contribution is -2.00. The van der Waals surface area contributed by atoms with Gasteiger partial charge in [-0.3, -0.25) is 0 Å². The molecule has 0 saturated heterocycles. The van der Waals surface area contributed by atoms with Crippen LogP contribution in [0.25, 0.3) is 93.6 Å². The van der Waals surface area contributed by atoms with Crippen molar-refractivity contribution in [2.45, 2.75) is 0 Å². The molecule has 0 amide bonds. The largest absolute Gasteiger partial charge is 0.309 e. The zero-order chi connectivity index (χ0) is 36.6. The van der Waals surface area contributed by atoms with Gasteiger partial charge in [0.15, 0.2) is 0 Å². The van der Waals surface area contributed by atoms with Crippen molar-refractivity contribution < 1.29 is 0 Å². The summed E-state index contributed by atoms with van der Waals surface area (Å²) in [6, 6.07) is 65.9. The molecule has 55 heavy (non-hydrogen) atoms. The fraction of sp³-hybridized carbons (Fsp3) is 0. The number of fused-ring (bicyclic) bond motifs is 9. The Kier molecular flexibility index (Phi) is 6.61. The van der Waals surface area contributed by atoms with E-state index in [0.29, 0.717) is 11.1 Å². The average Bonchev–Trinajstić information content (AvgIpc) is 3.88. The minimum absolute atomic E-state index is 0.580. The summed E-state index contributed by atoms with van der Waals surface area (Å²) in [7, 11) is 0. The van der Waals surface area contributed by atoms with Crippen LogP contribution in [-0.4, -0.2) is 13.7 Å². The van der Waals surface area contributed by atoms with Crippen LogP contribution in [0.4, 0.5) is 0 Å². The molecule has 0 fully saturated rings. The van der Waals surface area contributed by atoms with Crippen LogP contribution in [-0.2, 0) is 0 Å². The van der Waals surface area contributed by atoms with Gasteiger partial charge in [-0.25, -0.2) is 0 Å². The van der Waals surface area contributed by atoms with Gasteiger partial charge in [0, 0.05) is 54.8 Å². The lowest BCUT2D eigenvalue weighted by atomic mass is 9.97. The van der Waals surface area contributed by atoms with Gasteiger partial charge in [-0.1, -0.05) is 97.1 Å². The highest BCUT2D eigenvalue weighted by atomic mass is 15.0. The molecule has 5 heteroatoms. The first-order valence-electron chi connectivity index (χ1n) is 18.3. The Hall–Kier alpha value is -7.86. The van der Waals surface area contributed by atoms with Gasteiger partial charge in [0.25, 0.3) is 0 Å². The molecule has 3 aromatic heterocycles. The fourth-order valence-corrected chi connectivity index (χ4v) is 8.78. The number of para-hydroxylation sites is 5. The van der Waals surface area contributed by atoms with Gasteiger partial charge in [-0.05, 0) is 78.9 Å². The summed E-state index contributed by atoms with van der Waals surface area (Å²) in [6.07, 6.45) is 0. The first-order chi connectivity index (χ1) is 27.2. The van der Waals surface area contributed by atoms with Crippen LogP contribution in [0, 0.1) is 22.7 Å². The normalized spacial score (nSPS) is 11.6. The third-order valence-electron chi connectivity index (χ3n) is 11.1. The Morgan fingerprint density at radius 2 is 0.782 bits per heavy atom. The summed E-state index contributed by atoms with van der Waals surface area (Å²) in [4.78, 5) is 0. The van der Waals surface area contributed by atoms with Gasteiger partial charge < -0.3 is 13.7 Å². The molecule has 3 heterocycles. The second kappa shape index (κ2) is 11.8. The molecular formula is C50H29N5. The maximum Gasteiger partial charge on any atom is 0.0998 e. The number of hydrogen-bond acceptors (Lipinski definition) is 2. The van der Waals surface area contributed by atoms with Crippen molar-refractivity contribution in [3.05, 3.63) is 187 Å². The number of aromatic nitrogens is 3. The smallest absolute Gasteiger partial charge is 0.0998 e. The number of nitrogens with zero attached hydrogens (tertiary/aromatic N) is 5. The SMILES string of the molecule is N#Cc1ccc2c(c1)c1cc(-n3c4ccccc4c4ccccc43)ccc1n2-c1ccc(-c2ccccc2-n2c3ccccc3c3ccccc32)c(C#N)c1. The topological polar surface area (TPSA) is 62.4 Å². The van der Waals surface area contributed by atoms with Gasteiger partial charge in [0.05, 0.1) is 62.1 Å². The molecule has 0 N–H and O–H groups in total. The lowest BCUT2D eigenvalue weighted by Gasteiger charge is -2.16. The van der Waals surface area contributed by atoms with Crippen molar-refractivity contribution in [3.63, 3.8) is 0 Å². The van der Waals surface area contributed by atoms with Crippen LogP contribution >= 0.6 is 0 Å². The molecule has 0 aliphatic heterocycles. The first kappa shape index (κ1) is 30.7. The fourth-order valence-electron chi connectivity index (χ4n) is 8.78. The maximum atomic E-state index is 10.8. The van der Waals surface area contributed by atoms with E-state index < -0.39 is 0 Å². The number of rotatable bonds is 4. The number of benzene rings is 8. The lowest BCUT2D eigenvalue weighted by molar-refractivity contribution is 1.16. The molecule has 8 aromatic carbocycles. The summed E-state index contributed by atoms with van der Waals surface area (Å²) < 4.78 is 6.84. The maximum absolute atomic E-state index is 10.8. The van der Waals surface area contributed by atoms with E-state index in [1.165, 1.54) is 21.5 Å². The van der Waals surface area contributed by atoms with Gasteiger partial charge in [0.1, 0.15) is 0 Å². The second-order valence-electron chi connectivity index (χ2n) is 14.0. The minimum Gasteiger partial charge on any atom is -0.309 e. The predicted octanol–water partition coefficient (Wildman–Crippen LogP) is 12.4. The van der Waals surface area contributed by atoms with E-state index in [9.17, 15) is 10.5 Å². The molecule has 0 atom stereocenters. The van der Waals surface area contributed by atoms with Crippen molar-refractivity contribution in [2.24, 2.45) is 0 Å². The first-order valence-corrected chi connectivity index (χ1v) is 18.3. The Labute approximate surface area is 316 Å². The molecule has 0 aliphatic rings. The van der Waals surface area contributed by atoms with Crippen LogP contribution in [0.15, 0.2) is 176 Å². The quantitative estimate of drug-likeness (QED) is 0.184. The predicted molar refractivity (Wildman–Crippen MR) is 224 cm³/mol. The number of hydrogen-bond donors (Lipinski definition) is 0. The molecule has 5 nitrogen and oxygen atoms in total. The third-order valence-corrected chi connectivity index (χ3v) is 11.1. The third kappa shape index (κ3) is 4.45. The molecule has 0 radical (unpaired) electrons. The van der Waals surface area contributed by atoms with E-state index in [1.807, 2.05) is 30.3 Å². The van der Waals surface area contributed by atoms with Crippen molar-refractivity contribution in [1.29, 1.82) is 10.5 Å². The van der Waals surface area contributed by atoms with E-state index in [-0.39, 0.29) is 0 Å². The van der Waals surface area contributed by atoms with Gasteiger partial charge >= 0.3 is 0 Å². The van der Waals surface area contributed by atoms with Gasteiger partial charge in [0.2, 0.25) is 0 Å². The molecule has 0 aliphatic carbocycles. The standard InChI is InChI=1S/C50H29N5/c51-30-32-21-25-49-42(27-32)43-29-35(54-44-16-6-2-12-38(44)39-13-3-7-17-45(39)54)23-26-50(43)53(49)34-22-24-36(33(28-34)31-52)37-11-1-8-18-46(37)55-47-19-9-4-14-40(47)41-15-5-10-20-48(41)55/h1-29H. The number of nitriles is 2. The van der Waals surface area contributed by atoms with E-state index >= 15 is 0 Å². The van der Waals surface area contributed by atoms with E-state index in [2.05, 4.69) is 171 Å². The molecule has 254 valence electrons. The van der Waals surface area contributed by atoms with Gasteiger partial charge in [-0.2, -0.15) is 10.5 Å². The average molecular weight is 700 g/mol. The van der Waals surface area contributed by atoms with Crippen LogP contribution < -0.4 is 0 Å². The highest BCUT2D eigenvalue weighted by molar-refractivity contribution is 6.13. The summed E-state index contributed by atoms with van der Waals surface area (Å²) in [5.41, 5.74) is 12.4. The Bertz CT molecular complexity index is 3360. The van der Waals surface area contributed by atoms with Crippen molar-refractivity contribution in [2.75, 3.05) is 0 Å². The Morgan fingerprint density at radius 3 is 1.36 bits per heavy atom. The molecular weight excluding hydrogens is 671 g/mol. The van der Waals surface area contributed by atoms with Crippen molar-refractivity contribution in [1.82, 2.24) is 13.7 Å². The summed E-state index contributed by atoms with van der Waals surface area (Å²) in [6.45, 7) is 0. The minimum atomic E-state index is 0.580. The zero-order valence-electron chi connectivity index (χ0n) is 29.5. The van der Waals surface area contributed by atoms with Crippen molar-refractivity contribution >= 4 is 65.4 Å². The molecule has 0 unspecified atom stereocenters. The monoisotopic (exact) mass is 699 g/mol. The van der Waals surface area contributed by atoms with E-state index in [0.717, 1.165) is 72.1 Å². The Morgan fingerprint density at radius 1 is 0.327 bits per heavy atom. The highest BCUT2D eigenvalue weighted by Gasteiger charge is 2.20. The molecule has 11 aromatic rings. The Balaban J connectivity index is 1.12. The van der Waals surface area contributed by atoms with Crippen molar-refractivity contribution in [3.8, 4) is 40.3 Å². The van der Waals surface area contributed by atoms with Gasteiger partial charge in [-0.15, -0.1) is 0 Å². The van der Waals surface area contributed by atoms with E-state index in [4.69, 9.17) is 0 Å². The van der Waals surface area contributed by atoms with Crippen LogP contribution in [0.3, 0.4) is 0 Å². The summed E-state index contributed by atoms with van der Waals surface area (Å²) in [5, 5.41) is 27.5. The zero-order valence-corrected chi connectivity index (χ0v) is 29.5. The molecule has 11 rings (SSSR count). The van der Waals surface area contributed by atoms with Crippen LogP contribution in [0.5, 0.6) is 0 Å². The molecule has 0 bridgehead atoms. The van der Waals surface area contributed by atoms with Crippen LogP contribution in [0.1, 0.15) is 11.1 Å². The molecule has 0 spiro atoms.